The lowest BCUT2D eigenvalue weighted by Crippen LogP contribution is -2.28. The molecule has 2 amide bonds. The number of nitrogens with two attached hydrogens (primary N) is 1. The number of carbonyl (C=O) groups is 2. The fourth-order valence-electron chi connectivity index (χ4n) is 2.01. The molecule has 1 aromatic carbocycles. The van der Waals surface area contributed by atoms with E-state index in [1.54, 1.807) is 11.9 Å². The first kappa shape index (κ1) is 12.6. The van der Waals surface area contributed by atoms with Gasteiger partial charge in [0.05, 0.1) is 0 Å². The molecule has 0 bridgehead atoms. The topological polar surface area (TPSA) is 75.4 Å². The lowest BCUT2D eigenvalue weighted by molar-refractivity contribution is -0.118. The fraction of sp³-hybridized carbons (Fsp3) is 0.385. The van der Waals surface area contributed by atoms with Gasteiger partial charge in [-0.25, -0.2) is 0 Å². The highest BCUT2D eigenvalue weighted by Crippen LogP contribution is 2.27. The van der Waals surface area contributed by atoms with Crippen molar-refractivity contribution in [1.29, 1.82) is 0 Å². The highest BCUT2D eigenvalue weighted by Gasteiger charge is 2.17. The Morgan fingerprint density at radius 1 is 1.44 bits per heavy atom. The van der Waals surface area contributed by atoms with Crippen LogP contribution in [0.5, 0.6) is 0 Å². The van der Waals surface area contributed by atoms with Gasteiger partial charge in [-0.1, -0.05) is 0 Å². The summed E-state index contributed by atoms with van der Waals surface area (Å²) in [5.41, 5.74) is 8.12. The average molecular weight is 247 g/mol. The number of amides is 2. The quantitative estimate of drug-likeness (QED) is 0.832. The molecule has 0 saturated heterocycles. The van der Waals surface area contributed by atoms with Gasteiger partial charge in [-0.15, -0.1) is 0 Å². The van der Waals surface area contributed by atoms with E-state index in [0.29, 0.717) is 25.8 Å². The zero-order valence-electron chi connectivity index (χ0n) is 10.4. The zero-order valence-corrected chi connectivity index (χ0v) is 10.4. The minimum absolute atomic E-state index is 0.00250. The summed E-state index contributed by atoms with van der Waals surface area (Å²) in [6.45, 7) is 0.351. The number of fused-ring (bicyclic) bond motifs is 1. The van der Waals surface area contributed by atoms with Gasteiger partial charge in [0.15, 0.2) is 0 Å². The Bertz CT molecular complexity index is 485. The van der Waals surface area contributed by atoms with Gasteiger partial charge in [0, 0.05) is 37.8 Å². The molecule has 5 heteroatoms. The van der Waals surface area contributed by atoms with Gasteiger partial charge >= 0.3 is 0 Å². The van der Waals surface area contributed by atoms with Crippen molar-refractivity contribution in [1.82, 2.24) is 0 Å². The lowest BCUT2D eigenvalue weighted by atomic mass is 10.0. The maximum atomic E-state index is 11.7. The molecule has 0 fully saturated rings. The van der Waals surface area contributed by atoms with Gasteiger partial charge in [-0.2, -0.15) is 0 Å². The zero-order chi connectivity index (χ0) is 13.1. The summed E-state index contributed by atoms with van der Waals surface area (Å²) >= 11 is 0. The standard InChI is InChI=1S/C13H17N3O2/c1-16(13(18)6-7-14)10-3-4-11-9(8-10)2-5-12(17)15-11/h3-4,8H,2,5-7,14H2,1H3,(H,15,17). The Morgan fingerprint density at radius 2 is 2.22 bits per heavy atom. The molecule has 1 aliphatic rings. The smallest absolute Gasteiger partial charge is 0.227 e. The molecule has 0 spiro atoms. The highest BCUT2D eigenvalue weighted by atomic mass is 16.2. The van der Waals surface area contributed by atoms with Crippen molar-refractivity contribution in [2.75, 3.05) is 23.8 Å². The molecule has 3 N–H and O–H groups in total. The van der Waals surface area contributed by atoms with E-state index >= 15 is 0 Å². The molecule has 5 nitrogen and oxygen atoms in total. The van der Waals surface area contributed by atoms with Gasteiger partial charge in [-0.3, -0.25) is 9.59 Å². The Hall–Kier alpha value is -1.88. The van der Waals surface area contributed by atoms with E-state index in [2.05, 4.69) is 5.32 Å². The van der Waals surface area contributed by atoms with Crippen LogP contribution >= 0.6 is 0 Å². The normalized spacial score (nSPS) is 13.8. The molecule has 18 heavy (non-hydrogen) atoms. The summed E-state index contributed by atoms with van der Waals surface area (Å²) in [6, 6.07) is 5.62. The van der Waals surface area contributed by atoms with Gasteiger partial charge < -0.3 is 16.0 Å². The third-order valence-corrected chi connectivity index (χ3v) is 3.10. The van der Waals surface area contributed by atoms with Crippen molar-refractivity contribution in [3.05, 3.63) is 23.8 Å². The number of aryl methyl sites for hydroxylation is 1. The molecular weight excluding hydrogens is 230 g/mol. The first-order valence-corrected chi connectivity index (χ1v) is 6.01. The fourth-order valence-corrected chi connectivity index (χ4v) is 2.01. The molecule has 0 atom stereocenters. The van der Waals surface area contributed by atoms with E-state index in [4.69, 9.17) is 5.73 Å². The number of nitrogens with one attached hydrogen (secondary N) is 1. The van der Waals surface area contributed by atoms with Crippen molar-refractivity contribution >= 4 is 23.2 Å². The van der Waals surface area contributed by atoms with Crippen LogP contribution in [0.15, 0.2) is 18.2 Å². The third-order valence-electron chi connectivity index (χ3n) is 3.10. The molecule has 96 valence electrons. The maximum Gasteiger partial charge on any atom is 0.227 e. The van der Waals surface area contributed by atoms with Gasteiger partial charge in [0.25, 0.3) is 0 Å². The van der Waals surface area contributed by atoms with Crippen LogP contribution in [0, 0.1) is 0 Å². The molecule has 0 unspecified atom stereocenters. The SMILES string of the molecule is CN(C(=O)CCN)c1ccc2c(c1)CCC(=O)N2. The first-order valence-electron chi connectivity index (χ1n) is 6.01. The minimum Gasteiger partial charge on any atom is -0.330 e. The summed E-state index contributed by atoms with van der Waals surface area (Å²) in [7, 11) is 1.74. The van der Waals surface area contributed by atoms with Gasteiger partial charge in [0.1, 0.15) is 0 Å². The van der Waals surface area contributed by atoms with Crippen LogP contribution < -0.4 is 16.0 Å². The van der Waals surface area contributed by atoms with Crippen molar-refractivity contribution < 1.29 is 9.59 Å². The Balaban J connectivity index is 2.21. The van der Waals surface area contributed by atoms with E-state index in [1.807, 2.05) is 18.2 Å². The summed E-state index contributed by atoms with van der Waals surface area (Å²) in [5.74, 6) is 0.0418. The van der Waals surface area contributed by atoms with Crippen LogP contribution in [0.3, 0.4) is 0 Å². The largest absolute Gasteiger partial charge is 0.330 e. The Kier molecular flexibility index (Phi) is 3.62. The Morgan fingerprint density at radius 3 is 2.94 bits per heavy atom. The number of anilines is 2. The predicted octanol–water partition coefficient (Wildman–Crippen LogP) is 0.883. The predicted molar refractivity (Wildman–Crippen MR) is 70.5 cm³/mol. The second kappa shape index (κ2) is 5.18. The third kappa shape index (κ3) is 2.51. The van der Waals surface area contributed by atoms with Crippen LogP contribution in [0.25, 0.3) is 0 Å². The molecule has 0 aliphatic carbocycles. The number of hydrogen-bond donors (Lipinski definition) is 2. The summed E-state index contributed by atoms with van der Waals surface area (Å²) in [4.78, 5) is 24.6. The number of benzene rings is 1. The molecule has 1 aromatic rings. The summed E-state index contributed by atoms with van der Waals surface area (Å²) in [6.07, 6.45) is 1.55. The maximum absolute atomic E-state index is 11.7. The Labute approximate surface area is 106 Å². The summed E-state index contributed by atoms with van der Waals surface area (Å²) < 4.78 is 0. The number of hydrogen-bond acceptors (Lipinski definition) is 3. The molecule has 1 heterocycles. The van der Waals surface area contributed by atoms with Crippen LogP contribution in [0.4, 0.5) is 11.4 Å². The van der Waals surface area contributed by atoms with E-state index in [-0.39, 0.29) is 11.8 Å². The van der Waals surface area contributed by atoms with Crippen molar-refractivity contribution in [3.63, 3.8) is 0 Å². The molecule has 2 rings (SSSR count). The van der Waals surface area contributed by atoms with E-state index in [9.17, 15) is 9.59 Å². The number of rotatable bonds is 3. The molecule has 0 radical (unpaired) electrons. The van der Waals surface area contributed by atoms with Crippen LogP contribution in [0.1, 0.15) is 18.4 Å². The average Bonchev–Trinajstić information content (AvgIpc) is 2.37. The van der Waals surface area contributed by atoms with Crippen LogP contribution in [-0.2, 0) is 16.0 Å². The molecule has 1 aliphatic heterocycles. The minimum atomic E-state index is -0.00250. The van der Waals surface area contributed by atoms with Crippen molar-refractivity contribution in [3.8, 4) is 0 Å². The monoisotopic (exact) mass is 247 g/mol. The van der Waals surface area contributed by atoms with E-state index < -0.39 is 0 Å². The first-order chi connectivity index (χ1) is 8.61. The number of nitrogens with zero attached hydrogens (tertiary/aromatic N) is 1. The van der Waals surface area contributed by atoms with Gasteiger partial charge in [0.2, 0.25) is 11.8 Å². The second-order valence-electron chi connectivity index (χ2n) is 4.38. The van der Waals surface area contributed by atoms with Gasteiger partial charge in [-0.05, 0) is 30.2 Å². The van der Waals surface area contributed by atoms with Crippen LogP contribution in [-0.4, -0.2) is 25.4 Å². The summed E-state index contributed by atoms with van der Waals surface area (Å²) in [5, 5.41) is 2.82. The van der Waals surface area contributed by atoms with E-state index in [0.717, 1.165) is 16.9 Å². The lowest BCUT2D eigenvalue weighted by Gasteiger charge is -2.22. The van der Waals surface area contributed by atoms with Crippen molar-refractivity contribution in [2.24, 2.45) is 5.73 Å². The molecular formula is C13H17N3O2. The van der Waals surface area contributed by atoms with Crippen molar-refractivity contribution in [2.45, 2.75) is 19.3 Å². The number of carbonyl (C=O) groups excluding carboxylic acids is 2. The van der Waals surface area contributed by atoms with Crippen LogP contribution in [0.2, 0.25) is 0 Å². The van der Waals surface area contributed by atoms with E-state index in [1.165, 1.54) is 0 Å². The highest BCUT2D eigenvalue weighted by molar-refractivity contribution is 5.96. The molecule has 0 aromatic heterocycles. The molecule has 0 saturated carbocycles. The second-order valence-corrected chi connectivity index (χ2v) is 4.38.